The number of aromatic nitrogens is 8. The van der Waals surface area contributed by atoms with E-state index in [1.54, 1.807) is 46.3 Å². The van der Waals surface area contributed by atoms with E-state index >= 15 is 0 Å². The molecule has 0 fully saturated rings. The molecule has 0 radical (unpaired) electrons. The van der Waals surface area contributed by atoms with Crippen LogP contribution in [0.1, 0.15) is 39.1 Å². The van der Waals surface area contributed by atoms with Crippen LogP contribution in [-0.4, -0.2) is 70.4 Å². The minimum Gasteiger partial charge on any atom is -0.454 e. The monoisotopic (exact) mass is 854 g/mol. The number of rotatable bonds is 12. The Bertz CT molecular complexity index is 2770. The van der Waals surface area contributed by atoms with E-state index in [0.717, 1.165) is 67.8 Å². The van der Waals surface area contributed by atoms with Crippen molar-refractivity contribution in [2.45, 2.75) is 51.7 Å². The van der Waals surface area contributed by atoms with E-state index in [9.17, 15) is 4.79 Å². The first kappa shape index (κ1) is 40.0. The van der Waals surface area contributed by atoms with E-state index in [1.807, 2.05) is 125 Å². The fourth-order valence-corrected chi connectivity index (χ4v) is 7.76. The summed E-state index contributed by atoms with van der Waals surface area (Å²) in [7, 11) is 0. The normalized spacial score (nSPS) is 12.9. The number of benzene rings is 4. The lowest BCUT2D eigenvalue weighted by atomic mass is 10.00. The zero-order chi connectivity index (χ0) is 43.8. The quantitative estimate of drug-likeness (QED) is 0.107. The Morgan fingerprint density at radius 2 is 0.859 bits per heavy atom. The summed E-state index contributed by atoms with van der Waals surface area (Å²) in [4.78, 5) is 31.5. The molecule has 320 valence electrons. The van der Waals surface area contributed by atoms with Gasteiger partial charge in [-0.3, -0.25) is 0 Å². The number of nitrogens with zero attached hydrogens (tertiary/aromatic N) is 8. The van der Waals surface area contributed by atoms with Crippen LogP contribution in [0.2, 0.25) is 0 Å². The molecule has 15 nitrogen and oxygen atoms in total. The van der Waals surface area contributed by atoms with Crippen molar-refractivity contribution in [3.8, 4) is 79.7 Å². The molecule has 4 aromatic carbocycles. The van der Waals surface area contributed by atoms with Crippen molar-refractivity contribution in [2.24, 2.45) is 0 Å². The molecule has 6 heterocycles. The average molecular weight is 855 g/mol. The first-order valence-electron chi connectivity index (χ1n) is 20.7. The molecular formula is C49H42N8O7. The molecule has 0 amide bonds. The third kappa shape index (κ3) is 8.42. The van der Waals surface area contributed by atoms with Crippen LogP contribution >= 0.6 is 0 Å². The van der Waals surface area contributed by atoms with Gasteiger partial charge in [-0.15, -0.1) is 0 Å². The third-order valence-corrected chi connectivity index (χ3v) is 10.8. The van der Waals surface area contributed by atoms with Gasteiger partial charge in [0.15, 0.2) is 23.0 Å². The minimum absolute atomic E-state index is 0.220. The zero-order valence-electron chi connectivity index (χ0n) is 35.5. The van der Waals surface area contributed by atoms with E-state index in [1.165, 1.54) is 0 Å². The largest absolute Gasteiger partial charge is 0.509 e. The van der Waals surface area contributed by atoms with Crippen LogP contribution < -0.4 is 18.9 Å². The second kappa shape index (κ2) is 16.3. The highest BCUT2D eigenvalue weighted by Crippen LogP contribution is 2.38. The van der Waals surface area contributed by atoms with Crippen molar-refractivity contribution in [1.29, 1.82) is 0 Å². The fraction of sp³-hybridized carbons (Fsp3) is 0.204. The molecule has 10 rings (SSSR count). The second-order valence-electron chi connectivity index (χ2n) is 16.6. The maximum atomic E-state index is 13.7. The molecule has 0 saturated heterocycles. The van der Waals surface area contributed by atoms with Crippen molar-refractivity contribution >= 4 is 6.16 Å². The van der Waals surface area contributed by atoms with Crippen LogP contribution in [-0.2, 0) is 22.3 Å². The van der Waals surface area contributed by atoms with Gasteiger partial charge in [0.2, 0.25) is 13.6 Å². The third-order valence-electron chi connectivity index (χ3n) is 10.8. The van der Waals surface area contributed by atoms with Crippen LogP contribution in [0.15, 0.2) is 134 Å². The lowest BCUT2D eigenvalue weighted by Gasteiger charge is -2.29. The number of carbonyl (C=O) groups is 1. The van der Waals surface area contributed by atoms with Crippen LogP contribution in [0.5, 0.6) is 23.0 Å². The highest BCUT2D eigenvalue weighted by atomic mass is 16.7. The Hall–Kier alpha value is -8.07. The van der Waals surface area contributed by atoms with Gasteiger partial charge in [0.05, 0.1) is 22.8 Å². The van der Waals surface area contributed by atoms with Gasteiger partial charge < -0.3 is 28.4 Å². The van der Waals surface area contributed by atoms with Crippen LogP contribution in [0.3, 0.4) is 0 Å². The van der Waals surface area contributed by atoms with Gasteiger partial charge in [0, 0.05) is 48.8 Å². The number of carbonyl (C=O) groups excluding carboxylic acids is 1. The molecule has 2 aliphatic heterocycles. The summed E-state index contributed by atoms with van der Waals surface area (Å²) in [5.74, 6) is 3.70. The Balaban J connectivity index is 0.848. The highest BCUT2D eigenvalue weighted by molar-refractivity contribution is 5.73. The number of hydrogen-bond donors (Lipinski definition) is 0. The number of fused-ring (bicyclic) bond motifs is 2. The van der Waals surface area contributed by atoms with Crippen molar-refractivity contribution in [1.82, 2.24) is 39.5 Å². The van der Waals surface area contributed by atoms with E-state index < -0.39 is 17.4 Å². The van der Waals surface area contributed by atoms with Crippen LogP contribution in [0, 0.1) is 0 Å². The van der Waals surface area contributed by atoms with Crippen molar-refractivity contribution in [2.75, 3.05) is 13.6 Å². The number of hydrogen-bond acceptors (Lipinski definition) is 13. The topological polar surface area (TPSA) is 160 Å². The van der Waals surface area contributed by atoms with Gasteiger partial charge in [0.1, 0.15) is 11.2 Å². The molecule has 4 aromatic heterocycles. The molecule has 0 N–H and O–H groups in total. The lowest BCUT2D eigenvalue weighted by Crippen LogP contribution is -2.37. The molecule has 0 aliphatic carbocycles. The van der Waals surface area contributed by atoms with Gasteiger partial charge in [-0.1, -0.05) is 60.7 Å². The summed E-state index contributed by atoms with van der Waals surface area (Å²) in [6, 6.07) is 35.4. The lowest BCUT2D eigenvalue weighted by molar-refractivity contribution is -0.0589. The molecule has 15 heteroatoms. The second-order valence-corrected chi connectivity index (χ2v) is 16.6. The molecule has 0 bridgehead atoms. The Labute approximate surface area is 368 Å². The maximum Gasteiger partial charge on any atom is 0.509 e. The minimum atomic E-state index is -1.03. The van der Waals surface area contributed by atoms with Crippen molar-refractivity contribution in [3.05, 3.63) is 145 Å². The fourth-order valence-electron chi connectivity index (χ4n) is 7.76. The molecule has 0 spiro atoms. The predicted molar refractivity (Wildman–Crippen MR) is 235 cm³/mol. The summed E-state index contributed by atoms with van der Waals surface area (Å²) in [6.45, 7) is 7.76. The summed E-state index contributed by atoms with van der Waals surface area (Å²) in [6.07, 6.45) is 6.36. The molecule has 0 saturated carbocycles. The molecule has 0 unspecified atom stereocenters. The summed E-state index contributed by atoms with van der Waals surface area (Å²) >= 11 is 0. The standard InChI is InChI=1S/C49H42N8O7/c1-48(2,27-37-25-39(54-56(37)45-50-19-5-20-51-45)33-11-7-31(8-12-33)35-15-17-41-43(23-35)61-29-59-41)63-47(58)64-49(3,4)28-38-26-40(55-57(38)46-52-21-6-22-53-46)34-13-9-32(10-14-34)36-16-18-42-44(24-36)62-30-60-42/h5-26H,27-30H2,1-4H3. The van der Waals surface area contributed by atoms with E-state index in [-0.39, 0.29) is 26.4 Å². The first-order valence-corrected chi connectivity index (χ1v) is 20.7. The van der Waals surface area contributed by atoms with E-state index in [4.69, 9.17) is 38.6 Å². The maximum absolute atomic E-state index is 13.7. The first-order chi connectivity index (χ1) is 31.0. The average Bonchev–Trinajstić information content (AvgIpc) is 4.13. The molecule has 0 atom stereocenters. The summed E-state index contributed by atoms with van der Waals surface area (Å²) < 4.78 is 37.6. The van der Waals surface area contributed by atoms with Crippen molar-refractivity contribution < 1.29 is 33.2 Å². The SMILES string of the molecule is CC(C)(Cc1cc(-c2ccc(-c3ccc4c(c3)OCO4)cc2)nn1-c1ncccn1)OC(=O)OC(C)(C)Cc1cc(-c2ccc(-c3ccc4c(c3)OCO4)cc2)nn1-c1ncccn1. The molecule has 2 aliphatic rings. The van der Waals surface area contributed by atoms with E-state index in [0.29, 0.717) is 23.3 Å². The molecule has 8 aromatic rings. The van der Waals surface area contributed by atoms with Gasteiger partial charge in [-0.05, 0) is 98.5 Å². The van der Waals surface area contributed by atoms with Gasteiger partial charge in [-0.25, -0.2) is 34.1 Å². The Morgan fingerprint density at radius 1 is 0.500 bits per heavy atom. The summed E-state index contributed by atoms with van der Waals surface area (Å²) in [5.41, 5.74) is 6.67. The van der Waals surface area contributed by atoms with Gasteiger partial charge >= 0.3 is 6.16 Å². The van der Waals surface area contributed by atoms with Crippen molar-refractivity contribution in [3.63, 3.8) is 0 Å². The predicted octanol–water partition coefficient (Wildman–Crippen LogP) is 9.26. The van der Waals surface area contributed by atoms with Crippen LogP contribution in [0.25, 0.3) is 56.7 Å². The molecule has 64 heavy (non-hydrogen) atoms. The van der Waals surface area contributed by atoms with E-state index in [2.05, 4.69) is 19.9 Å². The van der Waals surface area contributed by atoms with Gasteiger partial charge in [0.25, 0.3) is 11.9 Å². The highest BCUT2D eigenvalue weighted by Gasteiger charge is 2.33. The summed E-state index contributed by atoms with van der Waals surface area (Å²) in [5, 5.41) is 9.83. The molecular weight excluding hydrogens is 813 g/mol. The Kier molecular flexibility index (Phi) is 10.2. The van der Waals surface area contributed by atoms with Gasteiger partial charge in [-0.2, -0.15) is 10.2 Å². The number of ether oxygens (including phenoxy) is 6. The smallest absolute Gasteiger partial charge is 0.454 e. The van der Waals surface area contributed by atoms with Crippen LogP contribution in [0.4, 0.5) is 4.79 Å². The Morgan fingerprint density at radius 3 is 1.27 bits per heavy atom. The zero-order valence-corrected chi connectivity index (χ0v) is 35.5.